The zero-order chi connectivity index (χ0) is 26.0. The zero-order valence-corrected chi connectivity index (χ0v) is 21.9. The Morgan fingerprint density at radius 1 is 1.24 bits per heavy atom. The number of nitrogens with zero attached hydrogens (tertiary/aromatic N) is 2. The molecule has 1 saturated carbocycles. The first-order valence-electron chi connectivity index (χ1n) is 13.4. The molecule has 3 aromatic rings. The van der Waals surface area contributed by atoms with Crippen LogP contribution in [-0.4, -0.2) is 41.9 Å². The summed E-state index contributed by atoms with van der Waals surface area (Å²) in [5.41, 5.74) is 2.75. The molecule has 2 aliphatic rings. The van der Waals surface area contributed by atoms with Crippen molar-refractivity contribution in [2.75, 3.05) is 20.2 Å². The molecule has 2 fully saturated rings. The lowest BCUT2D eigenvalue weighted by Crippen LogP contribution is -2.47. The van der Waals surface area contributed by atoms with E-state index in [4.69, 9.17) is 9.15 Å². The van der Waals surface area contributed by atoms with Crippen molar-refractivity contribution >= 4 is 22.6 Å². The monoisotopic (exact) mass is 504 g/mol. The first-order valence-corrected chi connectivity index (χ1v) is 13.4. The number of carbonyl (C=O) groups excluding carboxylic acids is 2. The molecular formula is C29H36N4O4. The van der Waals surface area contributed by atoms with Gasteiger partial charge in [-0.1, -0.05) is 25.8 Å². The van der Waals surface area contributed by atoms with E-state index in [1.165, 1.54) is 0 Å². The molecule has 0 radical (unpaired) electrons. The van der Waals surface area contributed by atoms with E-state index in [0.29, 0.717) is 42.4 Å². The molecule has 1 spiro atoms. The molecule has 8 nitrogen and oxygen atoms in total. The lowest BCUT2D eigenvalue weighted by Gasteiger charge is -2.28. The highest BCUT2D eigenvalue weighted by atomic mass is 16.5. The SMILES string of the molecule is CCC(=O)CCCCC[C@H](NC(=O)C1CC12CNC2)c1ncc(-c2cc3ccc(C)nc3cc2OC)o1. The summed E-state index contributed by atoms with van der Waals surface area (Å²) in [6.45, 7) is 5.70. The van der Waals surface area contributed by atoms with Crippen LogP contribution in [0.5, 0.6) is 5.75 Å². The summed E-state index contributed by atoms with van der Waals surface area (Å²) < 4.78 is 11.9. The lowest BCUT2D eigenvalue weighted by molar-refractivity contribution is -0.124. The molecule has 2 aromatic heterocycles. The Labute approximate surface area is 217 Å². The number of amides is 1. The van der Waals surface area contributed by atoms with Crippen molar-refractivity contribution in [1.82, 2.24) is 20.6 Å². The van der Waals surface area contributed by atoms with E-state index in [1.54, 1.807) is 13.3 Å². The molecular weight excluding hydrogens is 468 g/mol. The van der Waals surface area contributed by atoms with Gasteiger partial charge >= 0.3 is 0 Å². The number of benzene rings is 1. The molecule has 5 rings (SSSR count). The van der Waals surface area contributed by atoms with Crippen LogP contribution < -0.4 is 15.4 Å². The van der Waals surface area contributed by atoms with Crippen molar-refractivity contribution in [3.63, 3.8) is 0 Å². The van der Waals surface area contributed by atoms with Gasteiger partial charge in [0.05, 0.1) is 24.4 Å². The number of oxazole rings is 1. The van der Waals surface area contributed by atoms with Crippen LogP contribution in [0.1, 0.15) is 69.5 Å². The standard InChI is InChI=1S/C29H36N4O4/c1-4-20(34)8-6-5-7-9-23(33-27(35)22-14-29(22)16-30-17-29)28-31-15-26(37-28)21-12-19-11-10-18(2)32-24(19)13-25(21)36-3/h10-13,15,22-23,30H,4-9,14,16-17H2,1-3H3,(H,33,35)/t22?,23-/m0/s1. The summed E-state index contributed by atoms with van der Waals surface area (Å²) in [4.78, 5) is 33.9. The summed E-state index contributed by atoms with van der Waals surface area (Å²) in [6.07, 6.45) is 7.22. The minimum absolute atomic E-state index is 0.0596. The number of aromatic nitrogens is 2. The quantitative estimate of drug-likeness (QED) is 0.338. The Bertz CT molecular complexity index is 1300. The molecule has 2 N–H and O–H groups in total. The number of ether oxygens (including phenoxy) is 1. The van der Waals surface area contributed by atoms with Crippen LogP contribution in [0.15, 0.2) is 34.9 Å². The maximum absolute atomic E-state index is 13.1. The molecule has 1 aliphatic heterocycles. The van der Waals surface area contributed by atoms with Gasteiger partial charge in [0.1, 0.15) is 17.6 Å². The number of unbranched alkanes of at least 4 members (excludes halogenated alkanes) is 2. The van der Waals surface area contributed by atoms with Crippen molar-refractivity contribution in [2.45, 2.75) is 64.8 Å². The third-order valence-electron chi connectivity index (χ3n) is 7.86. The van der Waals surface area contributed by atoms with Gasteiger partial charge < -0.3 is 19.8 Å². The zero-order valence-electron chi connectivity index (χ0n) is 21.9. The van der Waals surface area contributed by atoms with E-state index in [0.717, 1.165) is 60.9 Å². The predicted molar refractivity (Wildman–Crippen MR) is 141 cm³/mol. The largest absolute Gasteiger partial charge is 0.496 e. The van der Waals surface area contributed by atoms with Crippen molar-refractivity contribution < 1.29 is 18.7 Å². The van der Waals surface area contributed by atoms with Crippen LogP contribution in [0.2, 0.25) is 0 Å². The Balaban J connectivity index is 1.34. The second-order valence-electron chi connectivity index (χ2n) is 10.5. The van der Waals surface area contributed by atoms with Gasteiger partial charge in [-0.05, 0) is 38.3 Å². The Kier molecular flexibility index (Phi) is 7.29. The topological polar surface area (TPSA) is 106 Å². The van der Waals surface area contributed by atoms with Crippen LogP contribution in [0.3, 0.4) is 0 Å². The number of fused-ring (bicyclic) bond motifs is 1. The summed E-state index contributed by atoms with van der Waals surface area (Å²) >= 11 is 0. The van der Waals surface area contributed by atoms with Gasteiger partial charge in [0.25, 0.3) is 0 Å². The summed E-state index contributed by atoms with van der Waals surface area (Å²) in [7, 11) is 1.63. The van der Waals surface area contributed by atoms with Crippen molar-refractivity contribution in [2.24, 2.45) is 11.3 Å². The Morgan fingerprint density at radius 3 is 2.78 bits per heavy atom. The van der Waals surface area contributed by atoms with E-state index in [9.17, 15) is 9.59 Å². The van der Waals surface area contributed by atoms with Crippen LogP contribution >= 0.6 is 0 Å². The van der Waals surface area contributed by atoms with Gasteiger partial charge in [0.2, 0.25) is 11.8 Å². The normalized spacial score (nSPS) is 18.4. The molecule has 1 amide bonds. The average Bonchev–Trinajstić information content (AvgIpc) is 3.49. The van der Waals surface area contributed by atoms with E-state index in [-0.39, 0.29) is 23.3 Å². The molecule has 196 valence electrons. The molecule has 37 heavy (non-hydrogen) atoms. The molecule has 1 aromatic carbocycles. The predicted octanol–water partition coefficient (Wildman–Crippen LogP) is 4.90. The molecule has 8 heteroatoms. The highest BCUT2D eigenvalue weighted by Gasteiger charge is 2.61. The van der Waals surface area contributed by atoms with Gasteiger partial charge in [0, 0.05) is 54.4 Å². The van der Waals surface area contributed by atoms with Crippen molar-refractivity contribution in [1.29, 1.82) is 0 Å². The number of carbonyl (C=O) groups is 2. The van der Waals surface area contributed by atoms with Crippen molar-refractivity contribution in [3.8, 4) is 17.1 Å². The number of rotatable bonds is 12. The van der Waals surface area contributed by atoms with E-state index in [1.807, 2.05) is 38.1 Å². The van der Waals surface area contributed by atoms with E-state index in [2.05, 4.69) is 20.6 Å². The van der Waals surface area contributed by atoms with Gasteiger partial charge in [-0.3, -0.25) is 14.6 Å². The second kappa shape index (κ2) is 10.6. The van der Waals surface area contributed by atoms with Crippen LogP contribution in [0, 0.1) is 18.3 Å². The van der Waals surface area contributed by atoms with E-state index >= 15 is 0 Å². The fraction of sp³-hybridized carbons (Fsp3) is 0.517. The summed E-state index contributed by atoms with van der Waals surface area (Å²) in [6, 6.07) is 7.61. The number of hydrogen-bond donors (Lipinski definition) is 2. The number of Topliss-reactive ketones (excluding diaryl/α,β-unsaturated/α-hetero) is 1. The number of pyridine rings is 1. The first kappa shape index (κ1) is 25.4. The van der Waals surface area contributed by atoms with Crippen LogP contribution in [0.25, 0.3) is 22.2 Å². The smallest absolute Gasteiger partial charge is 0.224 e. The maximum Gasteiger partial charge on any atom is 0.224 e. The average molecular weight is 505 g/mol. The van der Waals surface area contributed by atoms with Gasteiger partial charge in [-0.2, -0.15) is 0 Å². The maximum atomic E-state index is 13.1. The third kappa shape index (κ3) is 5.39. The molecule has 3 heterocycles. The van der Waals surface area contributed by atoms with Crippen LogP contribution in [-0.2, 0) is 9.59 Å². The summed E-state index contributed by atoms with van der Waals surface area (Å²) in [5, 5.41) is 7.50. The highest BCUT2D eigenvalue weighted by molar-refractivity contribution is 5.87. The van der Waals surface area contributed by atoms with Gasteiger partial charge in [-0.25, -0.2) is 4.98 Å². The minimum atomic E-state index is -0.315. The Morgan fingerprint density at radius 2 is 2.08 bits per heavy atom. The molecule has 1 unspecified atom stereocenters. The highest BCUT2D eigenvalue weighted by Crippen LogP contribution is 2.55. The number of methoxy groups -OCH3 is 1. The number of hydrogen-bond acceptors (Lipinski definition) is 7. The molecule has 0 bridgehead atoms. The molecule has 2 atom stereocenters. The minimum Gasteiger partial charge on any atom is -0.496 e. The number of nitrogens with one attached hydrogen (secondary N) is 2. The molecule has 1 aliphatic carbocycles. The Hall–Kier alpha value is -3.26. The first-order chi connectivity index (χ1) is 17.9. The van der Waals surface area contributed by atoms with E-state index < -0.39 is 0 Å². The molecule has 1 saturated heterocycles. The fourth-order valence-electron chi connectivity index (χ4n) is 5.30. The number of ketones is 1. The third-order valence-corrected chi connectivity index (χ3v) is 7.86. The van der Waals surface area contributed by atoms with Gasteiger partial charge in [0.15, 0.2) is 5.76 Å². The van der Waals surface area contributed by atoms with Crippen molar-refractivity contribution in [3.05, 3.63) is 42.0 Å². The second-order valence-corrected chi connectivity index (χ2v) is 10.5. The fourth-order valence-corrected chi connectivity index (χ4v) is 5.30. The lowest BCUT2D eigenvalue weighted by atomic mass is 9.96. The number of aryl methyl sites for hydroxylation is 1. The van der Waals surface area contributed by atoms with Gasteiger partial charge in [-0.15, -0.1) is 0 Å². The summed E-state index contributed by atoms with van der Waals surface area (Å²) in [5.74, 6) is 2.19. The van der Waals surface area contributed by atoms with Crippen LogP contribution in [0.4, 0.5) is 0 Å².